The molecule has 5 heteroatoms. The van der Waals surface area contributed by atoms with Gasteiger partial charge in [-0.2, -0.15) is 0 Å². The Morgan fingerprint density at radius 1 is 1.20 bits per heavy atom. The van der Waals surface area contributed by atoms with E-state index in [1.165, 1.54) is 12.1 Å². The van der Waals surface area contributed by atoms with Crippen LogP contribution in [0.5, 0.6) is 0 Å². The fraction of sp³-hybridized carbons (Fsp3) is 0.500. The van der Waals surface area contributed by atoms with E-state index in [4.69, 9.17) is 4.52 Å². The highest BCUT2D eigenvalue weighted by molar-refractivity contribution is 5.82. The lowest BCUT2D eigenvalue weighted by Gasteiger charge is -2.33. The van der Waals surface area contributed by atoms with Gasteiger partial charge in [-0.25, -0.2) is 4.39 Å². The standard InChI is InChI=1S/C20H25FN2O2/c1-20(2,3)19(24)23-12-6-4-5-7-17(23)18-13-16(22-25-18)14-8-10-15(21)11-9-14/h8-11,13,17H,4-7,12H2,1-3H3/t17-/m0/s1. The first kappa shape index (κ1) is 17.6. The predicted molar refractivity (Wildman–Crippen MR) is 94.3 cm³/mol. The Hall–Kier alpha value is -2.17. The SMILES string of the molecule is CC(C)(C)C(=O)N1CCCCC[C@H]1c1cc(-c2ccc(F)cc2)no1. The maximum Gasteiger partial charge on any atom is 0.228 e. The van der Waals surface area contributed by atoms with E-state index in [-0.39, 0.29) is 17.8 Å². The van der Waals surface area contributed by atoms with E-state index in [9.17, 15) is 9.18 Å². The molecule has 3 rings (SSSR count). The van der Waals surface area contributed by atoms with Crippen molar-refractivity contribution in [3.8, 4) is 11.3 Å². The largest absolute Gasteiger partial charge is 0.359 e. The Labute approximate surface area is 148 Å². The summed E-state index contributed by atoms with van der Waals surface area (Å²) in [6, 6.07) is 7.97. The molecular weight excluding hydrogens is 319 g/mol. The van der Waals surface area contributed by atoms with Gasteiger partial charge in [-0.05, 0) is 37.1 Å². The average Bonchev–Trinajstić information content (AvgIpc) is 2.92. The number of amides is 1. The zero-order chi connectivity index (χ0) is 18.0. The van der Waals surface area contributed by atoms with Crippen LogP contribution in [0.4, 0.5) is 4.39 Å². The molecule has 134 valence electrons. The average molecular weight is 344 g/mol. The molecule has 0 saturated carbocycles. The summed E-state index contributed by atoms with van der Waals surface area (Å²) in [6.45, 7) is 6.58. The third-order valence-corrected chi connectivity index (χ3v) is 4.65. The van der Waals surface area contributed by atoms with E-state index >= 15 is 0 Å². The number of rotatable bonds is 2. The van der Waals surface area contributed by atoms with Crippen molar-refractivity contribution in [2.24, 2.45) is 5.41 Å². The summed E-state index contributed by atoms with van der Waals surface area (Å²) in [5.41, 5.74) is 1.05. The third kappa shape index (κ3) is 3.91. The lowest BCUT2D eigenvalue weighted by Crippen LogP contribution is -2.41. The number of aromatic nitrogens is 1. The first-order valence-electron chi connectivity index (χ1n) is 8.90. The van der Waals surface area contributed by atoms with Crippen LogP contribution >= 0.6 is 0 Å². The monoisotopic (exact) mass is 344 g/mol. The Morgan fingerprint density at radius 3 is 2.60 bits per heavy atom. The number of likely N-dealkylation sites (tertiary alicyclic amines) is 1. The first-order chi connectivity index (χ1) is 11.9. The van der Waals surface area contributed by atoms with Gasteiger partial charge in [-0.3, -0.25) is 4.79 Å². The maximum absolute atomic E-state index is 13.1. The van der Waals surface area contributed by atoms with E-state index in [2.05, 4.69) is 5.16 Å². The summed E-state index contributed by atoms with van der Waals surface area (Å²) < 4.78 is 18.7. The molecule has 1 atom stereocenters. The Bertz CT molecular complexity index is 731. The minimum atomic E-state index is -0.428. The second kappa shape index (κ2) is 6.98. The second-order valence-electron chi connectivity index (χ2n) is 7.74. The smallest absolute Gasteiger partial charge is 0.228 e. The quantitative estimate of drug-likeness (QED) is 0.772. The van der Waals surface area contributed by atoms with Crippen molar-refractivity contribution in [1.82, 2.24) is 10.1 Å². The normalized spacial score (nSPS) is 18.9. The van der Waals surface area contributed by atoms with Gasteiger partial charge in [0.15, 0.2) is 5.76 Å². The molecule has 2 aromatic rings. The molecule has 2 heterocycles. The minimum absolute atomic E-state index is 0.0871. The fourth-order valence-electron chi connectivity index (χ4n) is 3.28. The molecule has 25 heavy (non-hydrogen) atoms. The fourth-order valence-corrected chi connectivity index (χ4v) is 3.28. The van der Waals surface area contributed by atoms with Crippen molar-refractivity contribution < 1.29 is 13.7 Å². The van der Waals surface area contributed by atoms with Crippen molar-refractivity contribution in [3.63, 3.8) is 0 Å². The molecule has 1 fully saturated rings. The molecule has 0 spiro atoms. The van der Waals surface area contributed by atoms with Crippen LogP contribution in [-0.2, 0) is 4.79 Å². The van der Waals surface area contributed by atoms with E-state index in [0.29, 0.717) is 11.5 Å². The van der Waals surface area contributed by atoms with Crippen molar-refractivity contribution in [3.05, 3.63) is 41.9 Å². The first-order valence-corrected chi connectivity index (χ1v) is 8.90. The van der Waals surface area contributed by atoms with Gasteiger partial charge < -0.3 is 9.42 Å². The number of hydrogen-bond donors (Lipinski definition) is 0. The minimum Gasteiger partial charge on any atom is -0.359 e. The van der Waals surface area contributed by atoms with Crippen LogP contribution in [0.3, 0.4) is 0 Å². The van der Waals surface area contributed by atoms with Crippen LogP contribution in [-0.4, -0.2) is 22.5 Å². The highest BCUT2D eigenvalue weighted by Crippen LogP contribution is 2.35. The number of carbonyl (C=O) groups is 1. The molecule has 1 amide bonds. The highest BCUT2D eigenvalue weighted by Gasteiger charge is 2.35. The molecule has 1 aromatic heterocycles. The van der Waals surface area contributed by atoms with Gasteiger partial charge in [0.2, 0.25) is 5.91 Å². The Balaban J connectivity index is 1.89. The summed E-state index contributed by atoms with van der Waals surface area (Å²) in [5, 5.41) is 4.14. The van der Waals surface area contributed by atoms with Crippen molar-refractivity contribution >= 4 is 5.91 Å². The van der Waals surface area contributed by atoms with Gasteiger partial charge in [0.05, 0.1) is 6.04 Å². The van der Waals surface area contributed by atoms with Gasteiger partial charge in [0, 0.05) is 23.6 Å². The third-order valence-electron chi connectivity index (χ3n) is 4.65. The summed E-state index contributed by atoms with van der Waals surface area (Å²) in [5.74, 6) is 0.566. The number of benzene rings is 1. The molecule has 0 radical (unpaired) electrons. The van der Waals surface area contributed by atoms with Crippen molar-refractivity contribution in [2.45, 2.75) is 52.5 Å². The predicted octanol–water partition coefficient (Wildman–Crippen LogP) is 4.97. The zero-order valence-corrected chi connectivity index (χ0v) is 15.1. The molecule has 0 bridgehead atoms. The number of nitrogens with zero attached hydrogens (tertiary/aromatic N) is 2. The van der Waals surface area contributed by atoms with Gasteiger partial charge in [0.25, 0.3) is 0 Å². The Kier molecular flexibility index (Phi) is 4.93. The lowest BCUT2D eigenvalue weighted by atomic mass is 9.93. The Morgan fingerprint density at radius 2 is 1.92 bits per heavy atom. The maximum atomic E-state index is 13.1. The molecule has 0 unspecified atom stereocenters. The molecule has 0 N–H and O–H groups in total. The summed E-state index contributed by atoms with van der Waals surface area (Å²) in [7, 11) is 0. The van der Waals surface area contributed by atoms with Gasteiger partial charge in [0.1, 0.15) is 11.5 Å². The summed E-state index contributed by atoms with van der Waals surface area (Å²) >= 11 is 0. The zero-order valence-electron chi connectivity index (χ0n) is 15.1. The number of hydrogen-bond acceptors (Lipinski definition) is 3. The van der Waals surface area contributed by atoms with E-state index in [1.54, 1.807) is 12.1 Å². The van der Waals surface area contributed by atoms with Crippen LogP contribution in [0.2, 0.25) is 0 Å². The van der Waals surface area contributed by atoms with Crippen LogP contribution in [0, 0.1) is 11.2 Å². The van der Waals surface area contributed by atoms with E-state index in [0.717, 1.165) is 37.8 Å². The number of carbonyl (C=O) groups excluding carboxylic acids is 1. The van der Waals surface area contributed by atoms with Gasteiger partial charge >= 0.3 is 0 Å². The lowest BCUT2D eigenvalue weighted by molar-refractivity contribution is -0.142. The van der Waals surface area contributed by atoms with Crippen LogP contribution in [0.1, 0.15) is 58.3 Å². The van der Waals surface area contributed by atoms with E-state index in [1.807, 2.05) is 31.7 Å². The molecule has 1 aliphatic rings. The van der Waals surface area contributed by atoms with E-state index < -0.39 is 5.41 Å². The van der Waals surface area contributed by atoms with Crippen molar-refractivity contribution in [2.75, 3.05) is 6.54 Å². The summed E-state index contributed by atoms with van der Waals surface area (Å²) in [6.07, 6.45) is 4.06. The highest BCUT2D eigenvalue weighted by atomic mass is 19.1. The molecular formula is C20H25FN2O2. The van der Waals surface area contributed by atoms with Gasteiger partial charge in [-0.15, -0.1) is 0 Å². The molecule has 1 aromatic carbocycles. The topological polar surface area (TPSA) is 46.3 Å². The molecule has 4 nitrogen and oxygen atoms in total. The van der Waals surface area contributed by atoms with Crippen LogP contribution in [0.15, 0.2) is 34.9 Å². The molecule has 1 saturated heterocycles. The van der Waals surface area contributed by atoms with Crippen molar-refractivity contribution in [1.29, 1.82) is 0 Å². The van der Waals surface area contributed by atoms with Crippen LogP contribution in [0.25, 0.3) is 11.3 Å². The second-order valence-corrected chi connectivity index (χ2v) is 7.74. The number of halogens is 1. The van der Waals surface area contributed by atoms with Gasteiger partial charge in [-0.1, -0.05) is 38.8 Å². The molecule has 0 aliphatic carbocycles. The molecule has 1 aliphatic heterocycles. The van der Waals surface area contributed by atoms with Crippen LogP contribution < -0.4 is 0 Å². The summed E-state index contributed by atoms with van der Waals surface area (Å²) in [4.78, 5) is 14.8.